The van der Waals surface area contributed by atoms with E-state index in [2.05, 4.69) is 41.8 Å². The van der Waals surface area contributed by atoms with Crippen molar-refractivity contribution in [3.63, 3.8) is 0 Å². The Kier molecular flexibility index (Phi) is 3.75. The summed E-state index contributed by atoms with van der Waals surface area (Å²) in [5.74, 6) is 0. The molecule has 2 nitrogen and oxygen atoms in total. The number of likely N-dealkylation sites (N-methyl/N-ethyl adjacent to an activating group) is 1. The number of thiophene rings is 2. The van der Waals surface area contributed by atoms with Gasteiger partial charge in [-0.2, -0.15) is 0 Å². The van der Waals surface area contributed by atoms with E-state index >= 15 is 0 Å². The summed E-state index contributed by atoms with van der Waals surface area (Å²) < 4.78 is 2.84. The predicted molar refractivity (Wildman–Crippen MR) is 70.0 cm³/mol. The molecule has 0 aliphatic heterocycles. The topological polar surface area (TPSA) is 15.3 Å². The van der Waals surface area contributed by atoms with Gasteiger partial charge in [0.1, 0.15) is 0 Å². The molecule has 0 saturated heterocycles. The molecular weight excluding hydrogens is 224 g/mol. The van der Waals surface area contributed by atoms with Crippen LogP contribution in [-0.2, 0) is 6.54 Å². The lowest BCUT2D eigenvalue weighted by Gasteiger charge is -2.09. The Morgan fingerprint density at radius 2 is 2.20 bits per heavy atom. The molecule has 0 radical (unpaired) electrons. The second-order valence-corrected chi connectivity index (χ2v) is 5.96. The van der Waals surface area contributed by atoms with E-state index in [-0.39, 0.29) is 0 Å². The van der Waals surface area contributed by atoms with Crippen molar-refractivity contribution in [3.05, 3.63) is 22.4 Å². The van der Waals surface area contributed by atoms with Crippen molar-refractivity contribution in [2.75, 3.05) is 27.2 Å². The Labute approximate surface area is 98.5 Å². The van der Waals surface area contributed by atoms with Gasteiger partial charge in [-0.15, -0.1) is 22.7 Å². The van der Waals surface area contributed by atoms with Crippen molar-refractivity contribution in [2.24, 2.45) is 0 Å². The quantitative estimate of drug-likeness (QED) is 0.808. The van der Waals surface area contributed by atoms with E-state index in [1.54, 1.807) is 0 Å². The number of fused-ring (bicyclic) bond motifs is 1. The van der Waals surface area contributed by atoms with Gasteiger partial charge in [0.05, 0.1) is 0 Å². The summed E-state index contributed by atoms with van der Waals surface area (Å²) in [6.45, 7) is 3.15. The summed E-state index contributed by atoms with van der Waals surface area (Å²) in [6.07, 6.45) is 0. The normalized spacial score (nSPS) is 11.7. The van der Waals surface area contributed by atoms with Crippen LogP contribution in [0.3, 0.4) is 0 Å². The minimum Gasteiger partial charge on any atom is -0.311 e. The first-order chi connectivity index (χ1) is 7.25. The number of hydrogen-bond donors (Lipinski definition) is 1. The third-order valence-corrected chi connectivity index (χ3v) is 4.32. The fourth-order valence-corrected chi connectivity index (χ4v) is 3.52. The summed E-state index contributed by atoms with van der Waals surface area (Å²) >= 11 is 3.72. The van der Waals surface area contributed by atoms with Crippen LogP contribution < -0.4 is 5.32 Å². The van der Waals surface area contributed by atoms with Gasteiger partial charge < -0.3 is 10.2 Å². The lowest BCUT2D eigenvalue weighted by atomic mass is 10.4. The van der Waals surface area contributed by atoms with Crippen LogP contribution in [0.5, 0.6) is 0 Å². The third kappa shape index (κ3) is 3.01. The SMILES string of the molecule is CN(C)CCNCc1cc2sccc2s1. The second kappa shape index (κ2) is 5.07. The average molecular weight is 240 g/mol. The lowest BCUT2D eigenvalue weighted by molar-refractivity contribution is 0.400. The minimum atomic E-state index is 1.000. The molecule has 2 heterocycles. The summed E-state index contributed by atoms with van der Waals surface area (Å²) in [6, 6.07) is 4.50. The smallest absolute Gasteiger partial charge is 0.0453 e. The van der Waals surface area contributed by atoms with Crippen molar-refractivity contribution in [1.82, 2.24) is 10.2 Å². The van der Waals surface area contributed by atoms with E-state index in [1.165, 1.54) is 14.3 Å². The van der Waals surface area contributed by atoms with Gasteiger partial charge in [0.2, 0.25) is 0 Å². The van der Waals surface area contributed by atoms with Crippen LogP contribution in [0.25, 0.3) is 9.40 Å². The van der Waals surface area contributed by atoms with Gasteiger partial charge in [-0.1, -0.05) is 0 Å². The molecule has 0 aliphatic carbocycles. The standard InChI is InChI=1S/C11H16N2S2/c1-13(2)5-4-12-8-9-7-11-10(15-9)3-6-14-11/h3,6-7,12H,4-5,8H2,1-2H3. The Balaban J connectivity index is 1.82. The summed E-state index contributed by atoms with van der Waals surface area (Å²) in [5, 5.41) is 5.61. The molecule has 2 aromatic heterocycles. The highest BCUT2D eigenvalue weighted by Crippen LogP contribution is 2.29. The molecule has 0 atom stereocenters. The van der Waals surface area contributed by atoms with E-state index in [4.69, 9.17) is 0 Å². The van der Waals surface area contributed by atoms with Crippen LogP contribution in [-0.4, -0.2) is 32.1 Å². The molecule has 0 amide bonds. The van der Waals surface area contributed by atoms with E-state index in [0.29, 0.717) is 0 Å². The first-order valence-electron chi connectivity index (χ1n) is 5.07. The number of nitrogens with zero attached hydrogens (tertiary/aromatic N) is 1. The number of hydrogen-bond acceptors (Lipinski definition) is 4. The monoisotopic (exact) mass is 240 g/mol. The first-order valence-corrected chi connectivity index (χ1v) is 6.76. The average Bonchev–Trinajstić information content (AvgIpc) is 2.71. The fraction of sp³-hybridized carbons (Fsp3) is 0.455. The van der Waals surface area contributed by atoms with E-state index < -0.39 is 0 Å². The highest BCUT2D eigenvalue weighted by atomic mass is 32.1. The van der Waals surface area contributed by atoms with Gasteiger partial charge in [0.15, 0.2) is 0 Å². The van der Waals surface area contributed by atoms with E-state index in [0.717, 1.165) is 19.6 Å². The molecule has 1 N–H and O–H groups in total. The number of nitrogens with one attached hydrogen (secondary N) is 1. The van der Waals surface area contributed by atoms with Gasteiger partial charge in [0.25, 0.3) is 0 Å². The van der Waals surface area contributed by atoms with Crippen LogP contribution in [0.2, 0.25) is 0 Å². The van der Waals surface area contributed by atoms with Crippen molar-refractivity contribution in [2.45, 2.75) is 6.54 Å². The zero-order valence-corrected chi connectivity index (χ0v) is 10.8. The highest BCUT2D eigenvalue weighted by Gasteiger charge is 2.01. The molecule has 0 fully saturated rings. The molecule has 0 aliphatic rings. The maximum Gasteiger partial charge on any atom is 0.0453 e. The molecule has 0 saturated carbocycles. The first kappa shape index (κ1) is 11.1. The second-order valence-electron chi connectivity index (χ2n) is 3.84. The van der Waals surface area contributed by atoms with Crippen molar-refractivity contribution in [1.29, 1.82) is 0 Å². The summed E-state index contributed by atoms with van der Waals surface area (Å²) in [4.78, 5) is 3.63. The van der Waals surface area contributed by atoms with Gasteiger partial charge >= 0.3 is 0 Å². The Morgan fingerprint density at radius 3 is 2.93 bits per heavy atom. The molecule has 4 heteroatoms. The van der Waals surface area contributed by atoms with Crippen LogP contribution in [0.15, 0.2) is 17.5 Å². The summed E-state index contributed by atoms with van der Waals surface area (Å²) in [5.41, 5.74) is 0. The maximum atomic E-state index is 3.46. The largest absolute Gasteiger partial charge is 0.311 e. The molecule has 2 rings (SSSR count). The van der Waals surface area contributed by atoms with Crippen LogP contribution in [0, 0.1) is 0 Å². The molecule has 82 valence electrons. The third-order valence-electron chi connectivity index (χ3n) is 2.23. The maximum absolute atomic E-state index is 3.46. The van der Waals surface area contributed by atoms with Gasteiger partial charge in [0, 0.05) is 33.9 Å². The molecular formula is C11H16N2S2. The van der Waals surface area contributed by atoms with E-state index in [9.17, 15) is 0 Å². The zero-order chi connectivity index (χ0) is 10.7. The molecule has 0 aromatic carbocycles. The Bertz CT molecular complexity index is 388. The van der Waals surface area contributed by atoms with Crippen LogP contribution in [0.1, 0.15) is 4.88 Å². The lowest BCUT2D eigenvalue weighted by Crippen LogP contribution is -2.25. The van der Waals surface area contributed by atoms with E-state index in [1.807, 2.05) is 22.7 Å². The number of rotatable bonds is 5. The van der Waals surface area contributed by atoms with Gasteiger partial charge in [-0.05, 0) is 31.6 Å². The van der Waals surface area contributed by atoms with Crippen molar-refractivity contribution in [3.8, 4) is 0 Å². The Morgan fingerprint density at radius 1 is 1.33 bits per heavy atom. The highest BCUT2D eigenvalue weighted by molar-refractivity contribution is 7.26. The zero-order valence-electron chi connectivity index (χ0n) is 9.12. The fourth-order valence-electron chi connectivity index (χ4n) is 1.42. The predicted octanol–water partition coefficient (Wildman–Crippen LogP) is 2.61. The Hall–Kier alpha value is -0.420. The van der Waals surface area contributed by atoms with Gasteiger partial charge in [-0.25, -0.2) is 0 Å². The van der Waals surface area contributed by atoms with Crippen LogP contribution in [0.4, 0.5) is 0 Å². The molecule has 0 bridgehead atoms. The summed E-state index contributed by atoms with van der Waals surface area (Å²) in [7, 11) is 4.20. The molecule has 15 heavy (non-hydrogen) atoms. The molecule has 0 unspecified atom stereocenters. The van der Waals surface area contributed by atoms with Crippen LogP contribution >= 0.6 is 22.7 Å². The van der Waals surface area contributed by atoms with Gasteiger partial charge in [-0.3, -0.25) is 0 Å². The van der Waals surface area contributed by atoms with Crippen molar-refractivity contribution < 1.29 is 0 Å². The van der Waals surface area contributed by atoms with Crippen molar-refractivity contribution >= 4 is 32.1 Å². The molecule has 2 aromatic rings. The minimum absolute atomic E-state index is 1.000. The molecule has 0 spiro atoms.